The summed E-state index contributed by atoms with van der Waals surface area (Å²) in [7, 11) is 4.01. The van der Waals surface area contributed by atoms with E-state index in [0.717, 1.165) is 16.9 Å². The average Bonchev–Trinajstić information content (AvgIpc) is 3.30. The van der Waals surface area contributed by atoms with Crippen molar-refractivity contribution in [1.29, 1.82) is 0 Å². The van der Waals surface area contributed by atoms with Crippen molar-refractivity contribution in [3.8, 4) is 0 Å². The number of aromatic nitrogens is 2. The number of fused-ring (bicyclic) bond motifs is 1. The zero-order valence-electron chi connectivity index (χ0n) is 15.6. The van der Waals surface area contributed by atoms with E-state index in [-0.39, 0.29) is 5.56 Å². The molecule has 0 fully saturated rings. The Morgan fingerprint density at radius 1 is 1.18 bits per heavy atom. The van der Waals surface area contributed by atoms with Gasteiger partial charge < -0.3 is 19.9 Å². The Hall–Kier alpha value is -3.32. The predicted octanol–water partition coefficient (Wildman–Crippen LogP) is 4.65. The average molecular weight is 392 g/mol. The van der Waals surface area contributed by atoms with Crippen LogP contribution in [-0.2, 0) is 6.54 Å². The summed E-state index contributed by atoms with van der Waals surface area (Å²) in [6.45, 7) is 0.665. The minimum atomic E-state index is -0.955. The van der Waals surface area contributed by atoms with Crippen molar-refractivity contribution in [1.82, 2.24) is 9.55 Å². The van der Waals surface area contributed by atoms with E-state index in [4.69, 9.17) is 0 Å². The topological polar surface area (TPSA) is 70.4 Å². The van der Waals surface area contributed by atoms with Crippen LogP contribution in [0.2, 0.25) is 0 Å². The molecule has 2 heterocycles. The molecule has 4 aromatic rings. The first-order valence-electron chi connectivity index (χ1n) is 8.81. The third kappa shape index (κ3) is 3.57. The van der Waals surface area contributed by atoms with Crippen LogP contribution in [0, 0.1) is 0 Å². The maximum atomic E-state index is 11.3. The van der Waals surface area contributed by atoms with Crippen LogP contribution in [0.25, 0.3) is 11.0 Å². The Labute approximate surface area is 166 Å². The first-order valence-corrected chi connectivity index (χ1v) is 9.69. The Kier molecular flexibility index (Phi) is 4.75. The minimum absolute atomic E-state index is 0.232. The number of carbonyl (C=O) groups is 1. The molecule has 0 aliphatic carbocycles. The van der Waals surface area contributed by atoms with Crippen LogP contribution in [-0.4, -0.2) is 34.7 Å². The lowest BCUT2D eigenvalue weighted by Gasteiger charge is -2.14. The molecule has 2 N–H and O–H groups in total. The zero-order chi connectivity index (χ0) is 19.7. The minimum Gasteiger partial charge on any atom is -0.478 e. The molecule has 0 spiro atoms. The lowest BCUT2D eigenvalue weighted by atomic mass is 10.2. The molecule has 142 valence electrons. The van der Waals surface area contributed by atoms with Gasteiger partial charge in [0.15, 0.2) is 0 Å². The Morgan fingerprint density at radius 2 is 1.96 bits per heavy atom. The number of thiophene rings is 1. The molecular formula is C21H20N4O2S. The SMILES string of the molecule is CN(C)c1ccc(Nc2nc3cc(C(=O)O)ccc3n2Cc2cccs2)cc1. The second kappa shape index (κ2) is 7.36. The van der Waals surface area contributed by atoms with Gasteiger partial charge in [-0.05, 0) is 53.9 Å². The first kappa shape index (κ1) is 18.1. The van der Waals surface area contributed by atoms with Gasteiger partial charge in [0, 0.05) is 30.3 Å². The van der Waals surface area contributed by atoms with Crippen LogP contribution in [0.4, 0.5) is 17.3 Å². The van der Waals surface area contributed by atoms with Crippen molar-refractivity contribution in [3.05, 3.63) is 70.4 Å². The molecule has 28 heavy (non-hydrogen) atoms. The van der Waals surface area contributed by atoms with Gasteiger partial charge in [0.2, 0.25) is 5.95 Å². The highest BCUT2D eigenvalue weighted by Gasteiger charge is 2.14. The molecule has 0 amide bonds. The molecule has 0 saturated carbocycles. The Balaban J connectivity index is 1.75. The number of nitrogens with zero attached hydrogens (tertiary/aromatic N) is 3. The van der Waals surface area contributed by atoms with Gasteiger partial charge >= 0.3 is 5.97 Å². The van der Waals surface area contributed by atoms with E-state index in [1.807, 2.05) is 60.8 Å². The number of anilines is 3. The highest BCUT2D eigenvalue weighted by molar-refractivity contribution is 7.09. The fourth-order valence-electron chi connectivity index (χ4n) is 3.05. The highest BCUT2D eigenvalue weighted by Crippen LogP contribution is 2.27. The predicted molar refractivity (Wildman–Crippen MR) is 114 cm³/mol. The number of aromatic carboxylic acids is 1. The van der Waals surface area contributed by atoms with Crippen LogP contribution < -0.4 is 10.2 Å². The largest absolute Gasteiger partial charge is 0.478 e. The number of carboxylic acids is 1. The molecule has 7 heteroatoms. The maximum Gasteiger partial charge on any atom is 0.335 e. The van der Waals surface area contributed by atoms with Crippen molar-refractivity contribution >= 4 is 45.7 Å². The number of carboxylic acid groups (broad SMARTS) is 1. The zero-order valence-corrected chi connectivity index (χ0v) is 16.4. The van der Waals surface area contributed by atoms with E-state index in [1.54, 1.807) is 23.5 Å². The van der Waals surface area contributed by atoms with Crippen LogP contribution in [0.5, 0.6) is 0 Å². The van der Waals surface area contributed by atoms with E-state index in [2.05, 4.69) is 20.9 Å². The second-order valence-corrected chi connectivity index (χ2v) is 7.71. The third-order valence-electron chi connectivity index (χ3n) is 4.53. The number of hydrogen-bond donors (Lipinski definition) is 2. The Morgan fingerprint density at radius 3 is 2.61 bits per heavy atom. The number of imidazole rings is 1. The third-order valence-corrected chi connectivity index (χ3v) is 5.39. The lowest BCUT2D eigenvalue weighted by molar-refractivity contribution is 0.0697. The summed E-state index contributed by atoms with van der Waals surface area (Å²) in [4.78, 5) is 19.2. The lowest BCUT2D eigenvalue weighted by Crippen LogP contribution is -2.08. The molecule has 0 unspecified atom stereocenters. The second-order valence-electron chi connectivity index (χ2n) is 6.68. The summed E-state index contributed by atoms with van der Waals surface area (Å²) in [5.74, 6) is -0.271. The molecule has 0 radical (unpaired) electrons. The van der Waals surface area contributed by atoms with Crippen LogP contribution >= 0.6 is 11.3 Å². The van der Waals surface area contributed by atoms with E-state index < -0.39 is 5.97 Å². The quantitative estimate of drug-likeness (QED) is 0.500. The van der Waals surface area contributed by atoms with Gasteiger partial charge in [-0.3, -0.25) is 0 Å². The van der Waals surface area contributed by atoms with E-state index in [0.29, 0.717) is 18.0 Å². The smallest absolute Gasteiger partial charge is 0.335 e. The van der Waals surface area contributed by atoms with Gasteiger partial charge in [-0.15, -0.1) is 11.3 Å². The van der Waals surface area contributed by atoms with Gasteiger partial charge in [-0.2, -0.15) is 0 Å². The summed E-state index contributed by atoms with van der Waals surface area (Å²) >= 11 is 1.68. The summed E-state index contributed by atoms with van der Waals surface area (Å²) in [6, 6.07) is 17.2. The molecular weight excluding hydrogens is 372 g/mol. The summed E-state index contributed by atoms with van der Waals surface area (Å²) < 4.78 is 2.08. The molecule has 2 aromatic carbocycles. The van der Waals surface area contributed by atoms with E-state index in [9.17, 15) is 9.90 Å². The molecule has 2 aromatic heterocycles. The molecule has 6 nitrogen and oxygen atoms in total. The van der Waals surface area contributed by atoms with E-state index in [1.165, 1.54) is 4.88 Å². The standard InChI is InChI=1S/C21H20N4O2S/c1-24(2)16-8-6-15(7-9-16)22-21-23-18-12-14(20(26)27)5-10-19(18)25(21)13-17-4-3-11-28-17/h3-12H,13H2,1-2H3,(H,22,23)(H,26,27). The number of hydrogen-bond acceptors (Lipinski definition) is 5. The van der Waals surface area contributed by atoms with Gasteiger partial charge in [-0.1, -0.05) is 6.07 Å². The van der Waals surface area contributed by atoms with Crippen LogP contribution in [0.1, 0.15) is 15.2 Å². The van der Waals surface area contributed by atoms with Gasteiger partial charge in [0.25, 0.3) is 0 Å². The molecule has 0 bridgehead atoms. The molecule has 0 atom stereocenters. The molecule has 0 aliphatic heterocycles. The molecule has 4 rings (SSSR count). The monoisotopic (exact) mass is 392 g/mol. The Bertz CT molecular complexity index is 1120. The first-order chi connectivity index (χ1) is 13.5. The summed E-state index contributed by atoms with van der Waals surface area (Å²) in [5, 5.41) is 14.7. The van der Waals surface area contributed by atoms with Gasteiger partial charge in [0.05, 0.1) is 23.1 Å². The van der Waals surface area contributed by atoms with Crippen molar-refractivity contribution in [2.45, 2.75) is 6.54 Å². The number of rotatable bonds is 6. The van der Waals surface area contributed by atoms with Crippen molar-refractivity contribution in [2.24, 2.45) is 0 Å². The molecule has 0 saturated heterocycles. The summed E-state index contributed by atoms with van der Waals surface area (Å²) in [6.07, 6.45) is 0. The van der Waals surface area contributed by atoms with Crippen molar-refractivity contribution in [3.63, 3.8) is 0 Å². The fourth-order valence-corrected chi connectivity index (χ4v) is 3.74. The van der Waals surface area contributed by atoms with Crippen LogP contribution in [0.15, 0.2) is 60.0 Å². The number of benzene rings is 2. The number of nitrogens with one attached hydrogen (secondary N) is 1. The highest BCUT2D eigenvalue weighted by atomic mass is 32.1. The van der Waals surface area contributed by atoms with Crippen molar-refractivity contribution in [2.75, 3.05) is 24.3 Å². The van der Waals surface area contributed by atoms with E-state index >= 15 is 0 Å². The maximum absolute atomic E-state index is 11.3. The van der Waals surface area contributed by atoms with Gasteiger partial charge in [0.1, 0.15) is 0 Å². The van der Waals surface area contributed by atoms with Crippen LogP contribution in [0.3, 0.4) is 0 Å². The fraction of sp³-hybridized carbons (Fsp3) is 0.143. The van der Waals surface area contributed by atoms with Crippen molar-refractivity contribution < 1.29 is 9.90 Å². The summed E-state index contributed by atoms with van der Waals surface area (Å²) in [5.41, 5.74) is 3.82. The molecule has 0 aliphatic rings. The normalized spacial score (nSPS) is 10.9. The van der Waals surface area contributed by atoms with Gasteiger partial charge in [-0.25, -0.2) is 9.78 Å².